The summed E-state index contributed by atoms with van der Waals surface area (Å²) in [5, 5.41) is 3.61. The number of nitrogens with one attached hydrogen (secondary N) is 1. The van der Waals surface area contributed by atoms with Crippen molar-refractivity contribution >= 4 is 0 Å². The Morgan fingerprint density at radius 2 is 2.00 bits per heavy atom. The van der Waals surface area contributed by atoms with Crippen molar-refractivity contribution in [2.24, 2.45) is 5.92 Å². The molecule has 0 aromatic carbocycles. The first kappa shape index (κ1) is 13.9. The molecule has 3 nitrogen and oxygen atoms in total. The van der Waals surface area contributed by atoms with E-state index in [1.165, 1.54) is 39.1 Å². The lowest BCUT2D eigenvalue weighted by atomic mass is 10.1. The molecule has 16 heavy (non-hydrogen) atoms. The Morgan fingerprint density at radius 3 is 2.56 bits per heavy atom. The van der Waals surface area contributed by atoms with Gasteiger partial charge in [0, 0.05) is 25.2 Å². The highest BCUT2D eigenvalue weighted by molar-refractivity contribution is 4.80. The fourth-order valence-electron chi connectivity index (χ4n) is 2.07. The summed E-state index contributed by atoms with van der Waals surface area (Å²) in [5.41, 5.74) is 0.261. The summed E-state index contributed by atoms with van der Waals surface area (Å²) in [7, 11) is 4.30. The second kappa shape index (κ2) is 5.99. The van der Waals surface area contributed by atoms with Gasteiger partial charge in [-0.2, -0.15) is 0 Å². The van der Waals surface area contributed by atoms with E-state index in [1.54, 1.807) is 0 Å². The van der Waals surface area contributed by atoms with Gasteiger partial charge in [0.05, 0.1) is 0 Å². The molecule has 0 aromatic heterocycles. The Hall–Kier alpha value is -0.120. The topological polar surface area (TPSA) is 18.5 Å². The zero-order chi connectivity index (χ0) is 12.2. The smallest absolute Gasteiger partial charge is 0.0109 e. The maximum atomic E-state index is 3.61. The van der Waals surface area contributed by atoms with E-state index in [1.807, 2.05) is 0 Å². The number of likely N-dealkylation sites (tertiary alicyclic amines) is 1. The fraction of sp³-hybridized carbons (Fsp3) is 1.00. The average Bonchev–Trinajstić information content (AvgIpc) is 2.58. The number of hydrogen-bond acceptors (Lipinski definition) is 3. The number of hydrogen-bond donors (Lipinski definition) is 1. The van der Waals surface area contributed by atoms with Gasteiger partial charge in [-0.05, 0) is 60.3 Å². The second-order valence-corrected chi connectivity index (χ2v) is 6.39. The number of likely N-dealkylation sites (N-methyl/N-ethyl adjacent to an activating group) is 1. The van der Waals surface area contributed by atoms with Crippen molar-refractivity contribution in [3.05, 3.63) is 0 Å². The zero-order valence-electron chi connectivity index (χ0n) is 11.7. The first-order chi connectivity index (χ1) is 7.37. The zero-order valence-corrected chi connectivity index (χ0v) is 11.7. The molecule has 1 aliphatic heterocycles. The normalized spacial score (nSPS) is 23.2. The molecule has 1 saturated heterocycles. The SMILES string of the molecule is CN(C)CCN1CCC(CNC(C)(C)C)C1. The lowest BCUT2D eigenvalue weighted by Crippen LogP contribution is -2.40. The van der Waals surface area contributed by atoms with Crippen LogP contribution in [0.25, 0.3) is 0 Å². The summed E-state index contributed by atoms with van der Waals surface area (Å²) in [4.78, 5) is 4.86. The quantitative estimate of drug-likeness (QED) is 0.763. The molecule has 0 spiro atoms. The highest BCUT2D eigenvalue weighted by atomic mass is 15.2. The van der Waals surface area contributed by atoms with Crippen molar-refractivity contribution in [1.29, 1.82) is 0 Å². The summed E-state index contributed by atoms with van der Waals surface area (Å²) < 4.78 is 0. The summed E-state index contributed by atoms with van der Waals surface area (Å²) >= 11 is 0. The van der Waals surface area contributed by atoms with Gasteiger partial charge in [0.1, 0.15) is 0 Å². The molecule has 1 rings (SSSR count). The van der Waals surface area contributed by atoms with Crippen LogP contribution in [-0.2, 0) is 0 Å². The lowest BCUT2D eigenvalue weighted by Gasteiger charge is -2.23. The average molecular weight is 227 g/mol. The third-order valence-electron chi connectivity index (χ3n) is 3.15. The third kappa shape index (κ3) is 5.83. The molecule has 0 saturated carbocycles. The molecule has 1 N–H and O–H groups in total. The minimum Gasteiger partial charge on any atom is -0.312 e. The molecule has 96 valence electrons. The van der Waals surface area contributed by atoms with E-state index in [0.29, 0.717) is 0 Å². The van der Waals surface area contributed by atoms with Crippen LogP contribution in [0, 0.1) is 5.92 Å². The molecular formula is C13H29N3. The molecule has 1 fully saturated rings. The van der Waals surface area contributed by atoms with E-state index in [9.17, 15) is 0 Å². The predicted octanol–water partition coefficient (Wildman–Crippen LogP) is 1.26. The summed E-state index contributed by atoms with van der Waals surface area (Å²) in [5.74, 6) is 0.849. The lowest BCUT2D eigenvalue weighted by molar-refractivity contribution is 0.271. The van der Waals surface area contributed by atoms with Crippen molar-refractivity contribution in [3.8, 4) is 0 Å². The van der Waals surface area contributed by atoms with Gasteiger partial charge < -0.3 is 15.1 Å². The van der Waals surface area contributed by atoms with Crippen LogP contribution in [0.15, 0.2) is 0 Å². The largest absolute Gasteiger partial charge is 0.312 e. The van der Waals surface area contributed by atoms with Crippen molar-refractivity contribution in [3.63, 3.8) is 0 Å². The van der Waals surface area contributed by atoms with Gasteiger partial charge in [-0.3, -0.25) is 0 Å². The van der Waals surface area contributed by atoms with Crippen LogP contribution in [0.2, 0.25) is 0 Å². The molecule has 0 aliphatic carbocycles. The second-order valence-electron chi connectivity index (χ2n) is 6.39. The van der Waals surface area contributed by atoms with Gasteiger partial charge >= 0.3 is 0 Å². The molecule has 0 bridgehead atoms. The van der Waals surface area contributed by atoms with Crippen LogP contribution >= 0.6 is 0 Å². The molecule has 0 aromatic rings. The van der Waals surface area contributed by atoms with E-state index in [2.05, 4.69) is 50.0 Å². The van der Waals surface area contributed by atoms with Gasteiger partial charge in [0.25, 0.3) is 0 Å². The molecule has 1 atom stereocenters. The van der Waals surface area contributed by atoms with Crippen LogP contribution in [0.5, 0.6) is 0 Å². The minimum atomic E-state index is 0.261. The summed E-state index contributed by atoms with van der Waals surface area (Å²) in [6, 6.07) is 0. The maximum absolute atomic E-state index is 3.61. The molecule has 3 heteroatoms. The monoisotopic (exact) mass is 227 g/mol. The van der Waals surface area contributed by atoms with E-state index in [0.717, 1.165) is 5.92 Å². The van der Waals surface area contributed by atoms with E-state index in [-0.39, 0.29) is 5.54 Å². The van der Waals surface area contributed by atoms with Gasteiger partial charge in [0.15, 0.2) is 0 Å². The van der Waals surface area contributed by atoms with Crippen molar-refractivity contribution in [2.75, 3.05) is 46.8 Å². The molecule has 0 amide bonds. The molecule has 1 aliphatic rings. The molecular weight excluding hydrogens is 198 g/mol. The Labute approximate surface area is 101 Å². The fourth-order valence-corrected chi connectivity index (χ4v) is 2.07. The highest BCUT2D eigenvalue weighted by Gasteiger charge is 2.23. The van der Waals surface area contributed by atoms with Gasteiger partial charge in [-0.15, -0.1) is 0 Å². The van der Waals surface area contributed by atoms with Crippen LogP contribution in [0.1, 0.15) is 27.2 Å². The molecule has 0 radical (unpaired) electrons. The van der Waals surface area contributed by atoms with Gasteiger partial charge in [-0.25, -0.2) is 0 Å². The summed E-state index contributed by atoms with van der Waals surface area (Å²) in [6.07, 6.45) is 1.36. The first-order valence-corrected chi connectivity index (χ1v) is 6.49. The standard InChI is InChI=1S/C13H29N3/c1-13(2,3)14-10-12-6-7-16(11-12)9-8-15(4)5/h12,14H,6-11H2,1-5H3. The molecule has 1 unspecified atom stereocenters. The van der Waals surface area contributed by atoms with Crippen molar-refractivity contribution in [2.45, 2.75) is 32.7 Å². The molecule has 1 heterocycles. The maximum Gasteiger partial charge on any atom is 0.0109 e. The van der Waals surface area contributed by atoms with Crippen LogP contribution in [-0.4, -0.2) is 62.2 Å². The van der Waals surface area contributed by atoms with Gasteiger partial charge in [0.2, 0.25) is 0 Å². The van der Waals surface area contributed by atoms with Crippen molar-refractivity contribution in [1.82, 2.24) is 15.1 Å². The third-order valence-corrected chi connectivity index (χ3v) is 3.15. The Balaban J connectivity index is 2.15. The van der Waals surface area contributed by atoms with Crippen molar-refractivity contribution < 1.29 is 0 Å². The Bertz CT molecular complexity index is 196. The Kier molecular flexibility index (Phi) is 5.22. The minimum absolute atomic E-state index is 0.261. The van der Waals surface area contributed by atoms with Crippen LogP contribution in [0.3, 0.4) is 0 Å². The van der Waals surface area contributed by atoms with Crippen LogP contribution < -0.4 is 5.32 Å². The van der Waals surface area contributed by atoms with Crippen LogP contribution in [0.4, 0.5) is 0 Å². The predicted molar refractivity (Wildman–Crippen MR) is 70.9 cm³/mol. The van der Waals surface area contributed by atoms with E-state index < -0.39 is 0 Å². The van der Waals surface area contributed by atoms with Gasteiger partial charge in [-0.1, -0.05) is 0 Å². The Morgan fingerprint density at radius 1 is 1.31 bits per heavy atom. The summed E-state index contributed by atoms with van der Waals surface area (Å²) in [6.45, 7) is 12.9. The number of rotatable bonds is 5. The number of nitrogens with zero attached hydrogens (tertiary/aromatic N) is 2. The van der Waals surface area contributed by atoms with E-state index >= 15 is 0 Å². The van der Waals surface area contributed by atoms with E-state index in [4.69, 9.17) is 0 Å². The first-order valence-electron chi connectivity index (χ1n) is 6.49. The highest BCUT2D eigenvalue weighted by Crippen LogP contribution is 2.15.